The molecule has 0 atom stereocenters. The van der Waals surface area contributed by atoms with Gasteiger partial charge in [0.2, 0.25) is 5.43 Å². The Bertz CT molecular complexity index is 555. The van der Waals surface area contributed by atoms with Gasteiger partial charge in [-0.15, -0.1) is 11.3 Å². The first-order valence-electron chi connectivity index (χ1n) is 5.79. The van der Waals surface area contributed by atoms with Crippen molar-refractivity contribution in [3.63, 3.8) is 0 Å². The second-order valence-corrected chi connectivity index (χ2v) is 5.21. The average Bonchev–Trinajstić information content (AvgIpc) is 2.32. The smallest absolute Gasteiger partial charge is 0.229 e. The van der Waals surface area contributed by atoms with Crippen molar-refractivity contribution >= 4 is 23.5 Å². The Labute approximate surface area is 98.6 Å². The largest absolute Gasteiger partial charge is 0.503 e. The van der Waals surface area contributed by atoms with E-state index < -0.39 is 0 Å². The Morgan fingerprint density at radius 2 is 2.12 bits per heavy atom. The molecule has 1 heterocycles. The summed E-state index contributed by atoms with van der Waals surface area (Å²) >= 11 is 1.57. The lowest BCUT2D eigenvalue weighted by atomic mass is 10.1. The highest BCUT2D eigenvalue weighted by Gasteiger charge is 2.09. The Morgan fingerprint density at radius 3 is 2.88 bits per heavy atom. The van der Waals surface area contributed by atoms with Gasteiger partial charge in [0, 0.05) is 9.75 Å². The first-order valence-corrected chi connectivity index (χ1v) is 6.61. The third-order valence-electron chi connectivity index (χ3n) is 2.82. The van der Waals surface area contributed by atoms with E-state index in [0.717, 1.165) is 41.5 Å². The zero-order valence-electron chi connectivity index (χ0n) is 9.45. The van der Waals surface area contributed by atoms with Gasteiger partial charge in [0.25, 0.3) is 0 Å². The summed E-state index contributed by atoms with van der Waals surface area (Å²) in [5.41, 5.74) is -0.184. The van der Waals surface area contributed by atoms with Crippen molar-refractivity contribution in [3.05, 3.63) is 24.9 Å². The fourth-order valence-corrected chi connectivity index (χ4v) is 3.08. The van der Waals surface area contributed by atoms with Crippen LogP contribution in [0, 0.1) is 0 Å². The minimum absolute atomic E-state index is 0.0243. The SMILES string of the molecule is CCCCc1sc2c(c(=O)c1O)=CCCC=2. The third kappa shape index (κ3) is 2.05. The molecule has 0 saturated heterocycles. The van der Waals surface area contributed by atoms with Crippen LogP contribution >= 0.6 is 11.3 Å². The normalized spacial score (nSPS) is 13.8. The lowest BCUT2D eigenvalue weighted by molar-refractivity contribution is 0.464. The van der Waals surface area contributed by atoms with E-state index >= 15 is 0 Å². The monoisotopic (exact) mass is 236 g/mol. The van der Waals surface area contributed by atoms with Gasteiger partial charge in [-0.2, -0.15) is 0 Å². The maximum Gasteiger partial charge on any atom is 0.229 e. The summed E-state index contributed by atoms with van der Waals surface area (Å²) in [5, 5.41) is 10.5. The van der Waals surface area contributed by atoms with Gasteiger partial charge in [-0.3, -0.25) is 4.79 Å². The van der Waals surface area contributed by atoms with Crippen molar-refractivity contribution in [2.45, 2.75) is 39.0 Å². The van der Waals surface area contributed by atoms with Crippen LogP contribution in [-0.2, 0) is 6.42 Å². The van der Waals surface area contributed by atoms with Crippen LogP contribution in [0.1, 0.15) is 37.5 Å². The van der Waals surface area contributed by atoms with E-state index in [1.165, 1.54) is 0 Å². The first kappa shape index (κ1) is 11.4. The number of rotatable bonds is 3. The molecule has 1 aromatic rings. The number of fused-ring (bicyclic) bond motifs is 1. The molecule has 1 aliphatic carbocycles. The molecule has 0 aromatic carbocycles. The van der Waals surface area contributed by atoms with Gasteiger partial charge in [-0.25, -0.2) is 0 Å². The standard InChI is InChI=1S/C13H16O2S/c1-2-3-7-11-13(15)12(14)9-6-4-5-8-10(9)16-11/h6,8,15H,2-5,7H2,1H3. The van der Waals surface area contributed by atoms with Gasteiger partial charge in [0.1, 0.15) is 0 Å². The summed E-state index contributed by atoms with van der Waals surface area (Å²) in [6, 6.07) is 0. The van der Waals surface area contributed by atoms with E-state index in [9.17, 15) is 9.90 Å². The number of hydrogen-bond donors (Lipinski definition) is 1. The molecular weight excluding hydrogens is 220 g/mol. The van der Waals surface area contributed by atoms with E-state index in [1.54, 1.807) is 11.3 Å². The van der Waals surface area contributed by atoms with Gasteiger partial charge >= 0.3 is 0 Å². The van der Waals surface area contributed by atoms with E-state index in [4.69, 9.17) is 0 Å². The molecule has 0 bridgehead atoms. The zero-order valence-corrected chi connectivity index (χ0v) is 10.3. The highest BCUT2D eigenvalue weighted by molar-refractivity contribution is 7.09. The lowest BCUT2D eigenvalue weighted by Crippen LogP contribution is -2.38. The minimum atomic E-state index is -0.184. The highest BCUT2D eigenvalue weighted by atomic mass is 32.1. The van der Waals surface area contributed by atoms with E-state index in [0.29, 0.717) is 5.22 Å². The quantitative estimate of drug-likeness (QED) is 0.864. The van der Waals surface area contributed by atoms with Crippen molar-refractivity contribution in [2.75, 3.05) is 0 Å². The maximum absolute atomic E-state index is 11.9. The van der Waals surface area contributed by atoms with Crippen LogP contribution < -0.4 is 15.2 Å². The molecule has 3 heteroatoms. The van der Waals surface area contributed by atoms with E-state index in [1.807, 2.05) is 6.08 Å². The van der Waals surface area contributed by atoms with Gasteiger partial charge in [0.15, 0.2) is 5.75 Å². The number of aryl methyl sites for hydroxylation is 1. The lowest BCUT2D eigenvalue weighted by Gasteiger charge is -2.05. The molecule has 0 saturated carbocycles. The summed E-state index contributed by atoms with van der Waals surface area (Å²) in [6.45, 7) is 2.11. The van der Waals surface area contributed by atoms with Gasteiger partial charge < -0.3 is 5.11 Å². The Hall–Kier alpha value is -1.09. The van der Waals surface area contributed by atoms with E-state index in [-0.39, 0.29) is 11.2 Å². The fourth-order valence-electron chi connectivity index (χ4n) is 1.90. The Balaban J connectivity index is 2.59. The molecule has 1 aromatic heterocycles. The molecule has 2 nitrogen and oxygen atoms in total. The van der Waals surface area contributed by atoms with Gasteiger partial charge in [-0.05, 0) is 25.7 Å². The van der Waals surface area contributed by atoms with E-state index in [2.05, 4.69) is 13.0 Å². The molecule has 2 rings (SSSR count). The number of aromatic hydroxyl groups is 1. The number of unbranched alkanes of at least 4 members (excludes halogenated alkanes) is 1. The second kappa shape index (κ2) is 4.83. The van der Waals surface area contributed by atoms with Crippen molar-refractivity contribution in [1.29, 1.82) is 0 Å². The molecule has 1 N–H and O–H groups in total. The first-order chi connectivity index (χ1) is 7.74. The summed E-state index contributed by atoms with van der Waals surface area (Å²) in [4.78, 5) is 12.7. The van der Waals surface area contributed by atoms with Crippen molar-refractivity contribution in [3.8, 4) is 5.75 Å². The molecule has 0 aliphatic heterocycles. The molecule has 0 fully saturated rings. The third-order valence-corrected chi connectivity index (χ3v) is 4.08. The van der Waals surface area contributed by atoms with Crippen LogP contribution in [0.15, 0.2) is 4.79 Å². The van der Waals surface area contributed by atoms with Gasteiger partial charge in [0.05, 0.1) is 4.88 Å². The highest BCUT2D eigenvalue weighted by Crippen LogP contribution is 2.16. The van der Waals surface area contributed by atoms with Crippen molar-refractivity contribution < 1.29 is 5.11 Å². The fraction of sp³-hybridized carbons (Fsp3) is 0.462. The Kier molecular flexibility index (Phi) is 3.44. The van der Waals surface area contributed by atoms with Crippen LogP contribution in [0.25, 0.3) is 12.2 Å². The number of hydrogen-bond acceptors (Lipinski definition) is 3. The molecule has 16 heavy (non-hydrogen) atoms. The topological polar surface area (TPSA) is 37.3 Å². The second-order valence-electron chi connectivity index (χ2n) is 4.07. The van der Waals surface area contributed by atoms with Crippen LogP contribution in [0.4, 0.5) is 0 Å². The average molecular weight is 236 g/mol. The van der Waals surface area contributed by atoms with Crippen LogP contribution in [-0.4, -0.2) is 5.11 Å². The predicted octanol–water partition coefficient (Wildman–Crippen LogP) is 1.51. The van der Waals surface area contributed by atoms with Crippen molar-refractivity contribution in [2.24, 2.45) is 0 Å². The molecule has 86 valence electrons. The maximum atomic E-state index is 11.9. The van der Waals surface area contributed by atoms with Crippen LogP contribution in [0.2, 0.25) is 0 Å². The molecule has 0 radical (unpaired) electrons. The predicted molar refractivity (Wildman–Crippen MR) is 68.3 cm³/mol. The molecule has 0 spiro atoms. The minimum Gasteiger partial charge on any atom is -0.503 e. The summed E-state index contributed by atoms with van der Waals surface area (Å²) in [5.74, 6) is -0.0243. The van der Waals surface area contributed by atoms with Gasteiger partial charge in [-0.1, -0.05) is 25.5 Å². The summed E-state index contributed by atoms with van der Waals surface area (Å²) < 4.78 is 1.04. The Morgan fingerprint density at radius 1 is 1.38 bits per heavy atom. The zero-order chi connectivity index (χ0) is 11.5. The van der Waals surface area contributed by atoms with Crippen LogP contribution in [0.3, 0.4) is 0 Å². The van der Waals surface area contributed by atoms with Crippen LogP contribution in [0.5, 0.6) is 5.75 Å². The summed E-state index contributed by atoms with van der Waals surface area (Å²) in [6.07, 6.45) is 8.86. The molecular formula is C13H16O2S. The summed E-state index contributed by atoms with van der Waals surface area (Å²) in [7, 11) is 0. The molecule has 1 aliphatic rings. The molecule has 0 unspecified atom stereocenters. The van der Waals surface area contributed by atoms with Crippen molar-refractivity contribution in [1.82, 2.24) is 0 Å². The molecule has 0 amide bonds.